The average molecular weight is 194 g/mol. The van der Waals surface area contributed by atoms with Gasteiger partial charge < -0.3 is 10.6 Å². The molecule has 2 N–H and O–H groups in total. The Labute approximate surface area is 72.6 Å². The molecule has 1 unspecified atom stereocenters. The van der Waals surface area contributed by atoms with E-state index in [0.717, 1.165) is 25.9 Å². The molecule has 0 bridgehead atoms. The standard InChI is InChI=1S/C6H14N2O3S/c1-12(9,10)11-5-6-4-7-2-3-8-6/h6-8H,2-5H2,1H3. The first-order valence-corrected chi connectivity index (χ1v) is 5.68. The Balaban J connectivity index is 2.22. The second-order valence-corrected chi connectivity index (χ2v) is 4.49. The Morgan fingerprint density at radius 3 is 2.75 bits per heavy atom. The fourth-order valence-corrected chi connectivity index (χ4v) is 1.45. The summed E-state index contributed by atoms with van der Waals surface area (Å²) in [7, 11) is -3.29. The largest absolute Gasteiger partial charge is 0.314 e. The maximum absolute atomic E-state index is 10.6. The van der Waals surface area contributed by atoms with Crippen molar-refractivity contribution in [2.75, 3.05) is 32.5 Å². The first-order valence-electron chi connectivity index (χ1n) is 3.86. The van der Waals surface area contributed by atoms with Crippen LogP contribution in [0.2, 0.25) is 0 Å². The van der Waals surface area contributed by atoms with E-state index < -0.39 is 10.1 Å². The molecule has 1 aliphatic heterocycles. The zero-order valence-corrected chi connectivity index (χ0v) is 7.86. The van der Waals surface area contributed by atoms with Gasteiger partial charge in [0.25, 0.3) is 10.1 Å². The van der Waals surface area contributed by atoms with E-state index in [4.69, 9.17) is 0 Å². The summed E-state index contributed by atoms with van der Waals surface area (Å²) >= 11 is 0. The van der Waals surface area contributed by atoms with E-state index in [1.807, 2.05) is 0 Å². The van der Waals surface area contributed by atoms with Crippen LogP contribution in [0.4, 0.5) is 0 Å². The molecule has 1 atom stereocenters. The molecule has 1 heterocycles. The van der Waals surface area contributed by atoms with Gasteiger partial charge in [0.2, 0.25) is 0 Å². The molecule has 1 aliphatic rings. The summed E-state index contributed by atoms with van der Waals surface area (Å²) in [5, 5.41) is 6.27. The van der Waals surface area contributed by atoms with Crippen LogP contribution in [0, 0.1) is 0 Å². The molecule has 0 aromatic rings. The first kappa shape index (κ1) is 9.91. The number of nitrogens with one attached hydrogen (secondary N) is 2. The third-order valence-electron chi connectivity index (χ3n) is 1.61. The minimum Gasteiger partial charge on any atom is -0.314 e. The Kier molecular flexibility index (Phi) is 3.45. The Morgan fingerprint density at radius 1 is 1.50 bits per heavy atom. The van der Waals surface area contributed by atoms with Crippen molar-refractivity contribution in [2.45, 2.75) is 6.04 Å². The Bertz CT molecular complexity index is 221. The number of hydrogen-bond donors (Lipinski definition) is 2. The molecule has 12 heavy (non-hydrogen) atoms. The van der Waals surface area contributed by atoms with Gasteiger partial charge >= 0.3 is 0 Å². The molecule has 0 saturated carbocycles. The van der Waals surface area contributed by atoms with E-state index in [2.05, 4.69) is 14.8 Å². The van der Waals surface area contributed by atoms with Crippen LogP contribution in [0.1, 0.15) is 0 Å². The SMILES string of the molecule is CS(=O)(=O)OCC1CNCCN1. The molecule has 1 fully saturated rings. The van der Waals surface area contributed by atoms with Gasteiger partial charge in [0, 0.05) is 25.7 Å². The molecule has 1 rings (SSSR count). The monoisotopic (exact) mass is 194 g/mol. The zero-order valence-electron chi connectivity index (χ0n) is 7.04. The van der Waals surface area contributed by atoms with Gasteiger partial charge in [0.15, 0.2) is 0 Å². The maximum Gasteiger partial charge on any atom is 0.264 e. The minimum atomic E-state index is -3.29. The van der Waals surface area contributed by atoms with Crippen LogP contribution in [-0.2, 0) is 14.3 Å². The highest BCUT2D eigenvalue weighted by molar-refractivity contribution is 7.85. The van der Waals surface area contributed by atoms with E-state index in [1.165, 1.54) is 0 Å². The predicted octanol–water partition coefficient (Wildman–Crippen LogP) is -1.48. The van der Waals surface area contributed by atoms with E-state index >= 15 is 0 Å². The van der Waals surface area contributed by atoms with Crippen LogP contribution in [0.3, 0.4) is 0 Å². The van der Waals surface area contributed by atoms with Crippen molar-refractivity contribution in [1.29, 1.82) is 0 Å². The molecule has 0 spiro atoms. The predicted molar refractivity (Wildman–Crippen MR) is 45.5 cm³/mol. The molecule has 6 heteroatoms. The lowest BCUT2D eigenvalue weighted by Gasteiger charge is -2.23. The van der Waals surface area contributed by atoms with Crippen LogP contribution < -0.4 is 10.6 Å². The second-order valence-electron chi connectivity index (χ2n) is 2.84. The van der Waals surface area contributed by atoms with Crippen LogP contribution in [0.25, 0.3) is 0 Å². The highest BCUT2D eigenvalue weighted by Gasteiger charge is 2.14. The summed E-state index contributed by atoms with van der Waals surface area (Å²) in [5.74, 6) is 0. The second kappa shape index (κ2) is 4.18. The van der Waals surface area contributed by atoms with E-state index in [9.17, 15) is 8.42 Å². The molecule has 0 aromatic carbocycles. The van der Waals surface area contributed by atoms with Crippen molar-refractivity contribution in [3.8, 4) is 0 Å². The molecular formula is C6H14N2O3S. The molecule has 1 saturated heterocycles. The Hall–Kier alpha value is -0.170. The Morgan fingerprint density at radius 2 is 2.25 bits per heavy atom. The van der Waals surface area contributed by atoms with Gasteiger partial charge in [-0.3, -0.25) is 4.18 Å². The third-order valence-corrected chi connectivity index (χ3v) is 2.17. The van der Waals surface area contributed by atoms with Gasteiger partial charge in [0.1, 0.15) is 0 Å². The normalized spacial score (nSPS) is 25.6. The van der Waals surface area contributed by atoms with Crippen molar-refractivity contribution in [1.82, 2.24) is 10.6 Å². The highest BCUT2D eigenvalue weighted by atomic mass is 32.2. The van der Waals surface area contributed by atoms with Gasteiger partial charge in [-0.15, -0.1) is 0 Å². The van der Waals surface area contributed by atoms with Gasteiger partial charge in [-0.25, -0.2) is 0 Å². The number of piperazine rings is 1. The van der Waals surface area contributed by atoms with Gasteiger partial charge in [-0.2, -0.15) is 8.42 Å². The minimum absolute atomic E-state index is 0.105. The average Bonchev–Trinajstić information content (AvgIpc) is 2.02. The van der Waals surface area contributed by atoms with Crippen LogP contribution in [0.5, 0.6) is 0 Å². The zero-order chi connectivity index (χ0) is 9.03. The lowest BCUT2D eigenvalue weighted by Crippen LogP contribution is -2.50. The van der Waals surface area contributed by atoms with Gasteiger partial charge in [0.05, 0.1) is 12.9 Å². The number of hydrogen-bond acceptors (Lipinski definition) is 5. The summed E-state index contributed by atoms with van der Waals surface area (Å²) in [5.41, 5.74) is 0. The molecule has 72 valence electrons. The molecule has 0 radical (unpaired) electrons. The topological polar surface area (TPSA) is 67.4 Å². The maximum atomic E-state index is 10.6. The van der Waals surface area contributed by atoms with Crippen molar-refractivity contribution in [2.24, 2.45) is 0 Å². The molecule has 0 amide bonds. The van der Waals surface area contributed by atoms with Gasteiger partial charge in [-0.05, 0) is 0 Å². The number of rotatable bonds is 3. The van der Waals surface area contributed by atoms with E-state index in [-0.39, 0.29) is 12.6 Å². The lowest BCUT2D eigenvalue weighted by atomic mass is 10.2. The van der Waals surface area contributed by atoms with Crippen molar-refractivity contribution >= 4 is 10.1 Å². The molecule has 0 aromatic heterocycles. The quantitative estimate of drug-likeness (QED) is 0.537. The fourth-order valence-electron chi connectivity index (χ4n) is 1.04. The van der Waals surface area contributed by atoms with Crippen molar-refractivity contribution in [3.63, 3.8) is 0 Å². The first-order chi connectivity index (χ1) is 5.58. The highest BCUT2D eigenvalue weighted by Crippen LogP contribution is 1.92. The van der Waals surface area contributed by atoms with Crippen LogP contribution >= 0.6 is 0 Å². The van der Waals surface area contributed by atoms with Gasteiger partial charge in [-0.1, -0.05) is 0 Å². The summed E-state index contributed by atoms with van der Waals surface area (Å²) in [4.78, 5) is 0. The molecule has 0 aliphatic carbocycles. The third kappa shape index (κ3) is 4.01. The summed E-state index contributed by atoms with van der Waals surface area (Å²) in [6.07, 6.45) is 1.06. The fraction of sp³-hybridized carbons (Fsp3) is 1.00. The van der Waals surface area contributed by atoms with Crippen molar-refractivity contribution in [3.05, 3.63) is 0 Å². The van der Waals surface area contributed by atoms with Crippen LogP contribution in [0.15, 0.2) is 0 Å². The van der Waals surface area contributed by atoms with E-state index in [1.54, 1.807) is 0 Å². The molecular weight excluding hydrogens is 180 g/mol. The van der Waals surface area contributed by atoms with E-state index in [0.29, 0.717) is 0 Å². The summed E-state index contributed by atoms with van der Waals surface area (Å²) in [6, 6.07) is 0.105. The van der Waals surface area contributed by atoms with Crippen LogP contribution in [-0.4, -0.2) is 47.0 Å². The summed E-state index contributed by atoms with van der Waals surface area (Å²) < 4.78 is 25.8. The lowest BCUT2D eigenvalue weighted by molar-refractivity contribution is 0.253. The summed E-state index contributed by atoms with van der Waals surface area (Å²) in [6.45, 7) is 2.76. The smallest absolute Gasteiger partial charge is 0.264 e. The molecule has 5 nitrogen and oxygen atoms in total. The van der Waals surface area contributed by atoms with Crippen molar-refractivity contribution < 1.29 is 12.6 Å².